The van der Waals surface area contributed by atoms with Crippen molar-refractivity contribution in [2.24, 2.45) is 5.11 Å². The van der Waals surface area contributed by atoms with E-state index < -0.39 is 11.8 Å². The van der Waals surface area contributed by atoms with Gasteiger partial charge in [-0.1, -0.05) is 29.8 Å². The largest absolute Gasteiger partial charge is 0.507 e. The molecular weight excluding hydrogens is 444 g/mol. The first-order valence-corrected chi connectivity index (χ1v) is 10.1. The molecule has 166 valence electrons. The van der Waals surface area contributed by atoms with Crippen LogP contribution in [0.1, 0.15) is 33.1 Å². The van der Waals surface area contributed by atoms with E-state index in [4.69, 9.17) is 27.1 Å². The summed E-state index contributed by atoms with van der Waals surface area (Å²) in [4.78, 5) is 25.4. The minimum absolute atomic E-state index is 0.0599. The zero-order valence-corrected chi connectivity index (χ0v) is 18.3. The monoisotopic (exact) mass is 462 g/mol. The number of aromatic hydroxyl groups is 1. The van der Waals surface area contributed by atoms with Crippen molar-refractivity contribution in [3.63, 3.8) is 0 Å². The Morgan fingerprint density at radius 2 is 1.91 bits per heavy atom. The van der Waals surface area contributed by atoms with E-state index in [0.29, 0.717) is 16.3 Å². The number of carbonyl (C=O) groups is 2. The number of nitrogens with zero attached hydrogens (tertiary/aromatic N) is 2. The molecule has 0 aromatic heterocycles. The first kappa shape index (κ1) is 23.4. The van der Waals surface area contributed by atoms with Gasteiger partial charge in [0.15, 0.2) is 11.8 Å². The Kier molecular flexibility index (Phi) is 7.38. The molecule has 9 heteroatoms. The number of ether oxygens (including phenoxy) is 1. The van der Waals surface area contributed by atoms with Gasteiger partial charge in [0, 0.05) is 27.9 Å². The molecule has 1 amide bonds. The number of Topliss-reactive ketones (excluding diaryl/α,β-unsaturated/α-hetero) is 1. The number of nitrogens with one attached hydrogen (secondary N) is 2. The number of methoxy groups -OCH3 is 1. The Hall–Kier alpha value is -4.22. The molecule has 3 aromatic carbocycles. The van der Waals surface area contributed by atoms with Crippen LogP contribution in [0.2, 0.25) is 5.02 Å². The topological polar surface area (TPSA) is 136 Å². The highest BCUT2D eigenvalue weighted by Crippen LogP contribution is 2.33. The van der Waals surface area contributed by atoms with Crippen LogP contribution in [-0.2, 0) is 11.2 Å². The molecule has 0 saturated carbocycles. The molecule has 0 aliphatic heterocycles. The van der Waals surface area contributed by atoms with Crippen LogP contribution in [0, 0.1) is 16.9 Å². The molecule has 33 heavy (non-hydrogen) atoms. The number of amides is 1. The predicted molar refractivity (Wildman–Crippen MR) is 122 cm³/mol. The summed E-state index contributed by atoms with van der Waals surface area (Å²) in [6, 6.07) is 16.0. The van der Waals surface area contributed by atoms with Gasteiger partial charge in [0.2, 0.25) is 5.91 Å². The molecule has 3 N–H and O–H groups in total. The lowest BCUT2D eigenvalue weighted by molar-refractivity contribution is -0.115. The van der Waals surface area contributed by atoms with Crippen molar-refractivity contribution in [1.29, 1.82) is 10.8 Å². The summed E-state index contributed by atoms with van der Waals surface area (Å²) >= 11 is 5.86. The van der Waals surface area contributed by atoms with Crippen LogP contribution in [0.4, 0.5) is 5.69 Å². The van der Waals surface area contributed by atoms with Gasteiger partial charge in [-0.25, -0.2) is 5.53 Å². The molecule has 0 fully saturated rings. The van der Waals surface area contributed by atoms with Crippen LogP contribution in [0.3, 0.4) is 0 Å². The Morgan fingerprint density at radius 3 is 2.55 bits per heavy atom. The fourth-order valence-electron chi connectivity index (χ4n) is 3.21. The molecule has 0 radical (unpaired) electrons. The van der Waals surface area contributed by atoms with Crippen LogP contribution in [-0.4, -0.2) is 23.9 Å². The van der Waals surface area contributed by atoms with Crippen LogP contribution < -0.4 is 10.1 Å². The Labute approximate surface area is 194 Å². The van der Waals surface area contributed by atoms with Gasteiger partial charge in [0.25, 0.3) is 0 Å². The van der Waals surface area contributed by atoms with Crippen molar-refractivity contribution in [3.8, 4) is 17.6 Å². The summed E-state index contributed by atoms with van der Waals surface area (Å²) < 4.78 is 5.38. The quantitative estimate of drug-likeness (QED) is 0.317. The summed E-state index contributed by atoms with van der Waals surface area (Å²) in [5.41, 5.74) is 9.17. The van der Waals surface area contributed by atoms with Gasteiger partial charge in [0.05, 0.1) is 19.1 Å². The third-order valence-electron chi connectivity index (χ3n) is 4.87. The second kappa shape index (κ2) is 10.4. The highest BCUT2D eigenvalue weighted by atomic mass is 35.5. The van der Waals surface area contributed by atoms with Crippen molar-refractivity contribution in [2.45, 2.75) is 12.5 Å². The van der Waals surface area contributed by atoms with E-state index in [-0.39, 0.29) is 35.0 Å². The normalized spacial score (nSPS) is 11.2. The number of hydrogen-bond acceptors (Lipinski definition) is 7. The van der Waals surface area contributed by atoms with Gasteiger partial charge in [-0.2, -0.15) is 10.4 Å². The van der Waals surface area contributed by atoms with Crippen LogP contribution in [0.25, 0.3) is 0 Å². The third-order valence-corrected chi connectivity index (χ3v) is 5.12. The number of anilines is 1. The van der Waals surface area contributed by atoms with Crippen LogP contribution >= 0.6 is 11.6 Å². The van der Waals surface area contributed by atoms with Gasteiger partial charge in [-0.15, -0.1) is 0 Å². The fourth-order valence-corrected chi connectivity index (χ4v) is 3.34. The number of carbonyl (C=O) groups excluding carboxylic acids is 2. The zero-order chi connectivity index (χ0) is 24.0. The number of phenolic OH excluding ortho intramolecular Hbond substituents is 1. The van der Waals surface area contributed by atoms with Crippen molar-refractivity contribution in [2.75, 3.05) is 12.4 Å². The molecule has 0 aliphatic rings. The Morgan fingerprint density at radius 1 is 1.18 bits per heavy atom. The molecule has 0 spiro atoms. The number of ketones is 1. The molecule has 0 aliphatic carbocycles. The summed E-state index contributed by atoms with van der Waals surface area (Å²) in [7, 11) is 1.40. The molecule has 0 bridgehead atoms. The molecular formula is C24H19ClN4O4. The van der Waals surface area contributed by atoms with Gasteiger partial charge >= 0.3 is 0 Å². The Balaban J connectivity index is 1.82. The smallest absolute Gasteiger partial charge is 0.228 e. The SMILES string of the molecule is COc1cc(NC(=O)Cc2ccc(Cl)cc2)ccc1C(N=N)C(=O)c1ccc(O)c(C#N)c1. The van der Waals surface area contributed by atoms with Gasteiger partial charge in [0.1, 0.15) is 17.6 Å². The number of phenols is 1. The average molecular weight is 463 g/mol. The van der Waals surface area contributed by atoms with Crippen molar-refractivity contribution < 1.29 is 19.4 Å². The van der Waals surface area contributed by atoms with E-state index in [1.54, 1.807) is 42.5 Å². The van der Waals surface area contributed by atoms with Crippen LogP contribution in [0.15, 0.2) is 65.8 Å². The second-order valence-corrected chi connectivity index (χ2v) is 7.48. The molecule has 0 saturated heterocycles. The van der Waals surface area contributed by atoms with E-state index in [1.165, 1.54) is 31.4 Å². The minimum Gasteiger partial charge on any atom is -0.507 e. The average Bonchev–Trinajstić information content (AvgIpc) is 2.81. The Bertz CT molecular complexity index is 1250. The van der Waals surface area contributed by atoms with Crippen molar-refractivity contribution >= 4 is 29.0 Å². The number of hydrogen-bond donors (Lipinski definition) is 3. The lowest BCUT2D eigenvalue weighted by atomic mass is 9.95. The number of nitriles is 1. The molecule has 3 aromatic rings. The first-order valence-electron chi connectivity index (χ1n) is 9.72. The van der Waals surface area contributed by atoms with Crippen molar-refractivity contribution in [3.05, 3.63) is 87.9 Å². The lowest BCUT2D eigenvalue weighted by Crippen LogP contribution is -2.15. The highest BCUT2D eigenvalue weighted by Gasteiger charge is 2.26. The lowest BCUT2D eigenvalue weighted by Gasteiger charge is -2.16. The number of rotatable bonds is 8. The molecule has 1 atom stereocenters. The van der Waals surface area contributed by atoms with Gasteiger partial charge < -0.3 is 15.2 Å². The van der Waals surface area contributed by atoms with Gasteiger partial charge in [-0.3, -0.25) is 9.59 Å². The zero-order valence-electron chi connectivity index (χ0n) is 17.5. The van der Waals surface area contributed by atoms with E-state index in [2.05, 4.69) is 10.4 Å². The van der Waals surface area contributed by atoms with E-state index >= 15 is 0 Å². The standard InChI is InChI=1S/C24H19ClN4O4/c1-33-21-12-18(28-22(31)10-14-2-5-17(25)6-3-14)7-8-19(21)23(29-27)24(32)15-4-9-20(30)16(11-15)13-26/h2-9,11-12,23,27,30H,10H2,1H3,(H,28,31). The summed E-state index contributed by atoms with van der Waals surface area (Å²) in [6.07, 6.45) is 0.145. The van der Waals surface area contributed by atoms with Crippen LogP contribution in [0.5, 0.6) is 11.5 Å². The predicted octanol–water partition coefficient (Wildman–Crippen LogP) is 5.06. The second-order valence-electron chi connectivity index (χ2n) is 7.05. The van der Waals surface area contributed by atoms with Gasteiger partial charge in [-0.05, 0) is 42.0 Å². The maximum atomic E-state index is 13.0. The maximum Gasteiger partial charge on any atom is 0.228 e. The number of benzene rings is 3. The van der Waals surface area contributed by atoms with E-state index in [9.17, 15) is 14.7 Å². The fraction of sp³-hybridized carbons (Fsp3) is 0.125. The minimum atomic E-state index is -1.23. The maximum absolute atomic E-state index is 13.0. The summed E-state index contributed by atoms with van der Waals surface area (Å²) in [5.74, 6) is -0.782. The summed E-state index contributed by atoms with van der Waals surface area (Å²) in [6.45, 7) is 0. The summed E-state index contributed by atoms with van der Waals surface area (Å²) in [5, 5.41) is 25.6. The van der Waals surface area contributed by atoms with E-state index in [1.807, 2.05) is 0 Å². The van der Waals surface area contributed by atoms with Crippen molar-refractivity contribution in [1.82, 2.24) is 0 Å². The first-order chi connectivity index (χ1) is 15.9. The molecule has 8 nitrogen and oxygen atoms in total. The number of halogens is 1. The molecule has 3 rings (SSSR count). The highest BCUT2D eigenvalue weighted by molar-refractivity contribution is 6.30. The molecule has 1 unspecified atom stereocenters. The van der Waals surface area contributed by atoms with E-state index in [0.717, 1.165) is 5.56 Å². The third kappa shape index (κ3) is 5.53. The molecule has 0 heterocycles.